The van der Waals surface area contributed by atoms with E-state index >= 15 is 0 Å². The van der Waals surface area contributed by atoms with Crippen molar-refractivity contribution < 1.29 is 4.79 Å². The van der Waals surface area contributed by atoms with Gasteiger partial charge in [0.15, 0.2) is 0 Å². The van der Waals surface area contributed by atoms with Crippen molar-refractivity contribution in [1.29, 1.82) is 0 Å². The van der Waals surface area contributed by atoms with Gasteiger partial charge in [0.1, 0.15) is 5.52 Å². The molecule has 134 valence electrons. The van der Waals surface area contributed by atoms with Gasteiger partial charge in [-0.2, -0.15) is 0 Å². The van der Waals surface area contributed by atoms with Crippen LogP contribution in [0.2, 0.25) is 0 Å². The molecule has 3 rings (SSSR count). The van der Waals surface area contributed by atoms with E-state index < -0.39 is 0 Å². The number of amides is 1. The molecule has 0 spiro atoms. The van der Waals surface area contributed by atoms with Gasteiger partial charge in [-0.15, -0.1) is 5.10 Å². The smallest absolute Gasteiger partial charge is 0.277 e. The van der Waals surface area contributed by atoms with Gasteiger partial charge in [-0.05, 0) is 32.1 Å². The molecular weight excluding hydrogens is 318 g/mol. The number of likely N-dealkylation sites (tertiary alicyclic amines) is 1. The number of carbonyl (C=O) groups is 1. The van der Waals surface area contributed by atoms with Gasteiger partial charge in [-0.1, -0.05) is 30.7 Å². The van der Waals surface area contributed by atoms with Gasteiger partial charge >= 0.3 is 0 Å². The summed E-state index contributed by atoms with van der Waals surface area (Å²) in [4.78, 5) is 29.1. The van der Waals surface area contributed by atoms with Crippen LogP contribution >= 0.6 is 0 Å². The number of aryl methyl sites for hydroxylation is 1. The molecule has 0 saturated carbocycles. The number of hydrogen-bond donors (Lipinski definition) is 0. The lowest BCUT2D eigenvalue weighted by Crippen LogP contribution is -2.36. The second-order valence-corrected chi connectivity index (χ2v) is 6.88. The Morgan fingerprint density at radius 3 is 2.72 bits per heavy atom. The zero-order valence-electron chi connectivity index (χ0n) is 15.1. The second-order valence-electron chi connectivity index (χ2n) is 6.88. The Balaban J connectivity index is 1.67. The summed E-state index contributed by atoms with van der Waals surface area (Å²) in [5, 5.41) is 8.55. The summed E-state index contributed by atoms with van der Waals surface area (Å²) in [6.45, 7) is 3.97. The molecule has 1 aromatic heterocycles. The Kier molecular flexibility index (Phi) is 5.13. The number of fused-ring (bicyclic) bond motifs is 1. The van der Waals surface area contributed by atoms with E-state index in [9.17, 15) is 9.59 Å². The minimum absolute atomic E-state index is 0.0738. The molecule has 1 saturated heterocycles. The molecule has 0 N–H and O–H groups in total. The maximum atomic E-state index is 12.6. The van der Waals surface area contributed by atoms with Crippen molar-refractivity contribution in [3.05, 3.63) is 34.6 Å². The van der Waals surface area contributed by atoms with E-state index in [0.717, 1.165) is 19.5 Å². The lowest BCUT2D eigenvalue weighted by atomic mass is 10.0. The molecule has 2 atom stereocenters. The highest BCUT2D eigenvalue weighted by Crippen LogP contribution is 2.23. The van der Waals surface area contributed by atoms with E-state index in [1.54, 1.807) is 18.2 Å². The predicted molar refractivity (Wildman–Crippen MR) is 96.3 cm³/mol. The zero-order chi connectivity index (χ0) is 18.0. The van der Waals surface area contributed by atoms with E-state index in [-0.39, 0.29) is 24.4 Å². The average Bonchev–Trinajstić information content (AvgIpc) is 3.06. The molecule has 1 aromatic carbocycles. The number of hydrogen-bond acceptors (Lipinski definition) is 5. The van der Waals surface area contributed by atoms with Crippen molar-refractivity contribution in [2.45, 2.75) is 32.4 Å². The topological polar surface area (TPSA) is 71.3 Å². The molecule has 2 aromatic rings. The van der Waals surface area contributed by atoms with E-state index in [0.29, 0.717) is 22.9 Å². The van der Waals surface area contributed by atoms with Crippen LogP contribution in [0.15, 0.2) is 29.1 Å². The molecule has 1 aliphatic rings. The molecule has 0 radical (unpaired) electrons. The number of rotatable bonds is 5. The highest BCUT2D eigenvalue weighted by Gasteiger charge is 2.34. The minimum atomic E-state index is -0.197. The first-order valence-electron chi connectivity index (χ1n) is 8.78. The minimum Gasteiger partial charge on any atom is -0.341 e. The zero-order valence-corrected chi connectivity index (χ0v) is 15.1. The van der Waals surface area contributed by atoms with Crippen LogP contribution in [-0.4, -0.2) is 63.9 Å². The van der Waals surface area contributed by atoms with Crippen molar-refractivity contribution >= 4 is 16.8 Å². The summed E-state index contributed by atoms with van der Waals surface area (Å²) in [5.74, 6) is 0.576. The molecule has 0 unspecified atom stereocenters. The monoisotopic (exact) mass is 343 g/mol. The highest BCUT2D eigenvalue weighted by molar-refractivity contribution is 5.77. The van der Waals surface area contributed by atoms with Crippen molar-refractivity contribution in [2.24, 2.45) is 5.92 Å². The van der Waals surface area contributed by atoms with E-state index in [1.165, 1.54) is 4.68 Å². The van der Waals surface area contributed by atoms with E-state index in [4.69, 9.17) is 0 Å². The van der Waals surface area contributed by atoms with Crippen LogP contribution in [-0.2, 0) is 11.3 Å². The lowest BCUT2D eigenvalue weighted by Gasteiger charge is -2.23. The van der Waals surface area contributed by atoms with E-state index in [1.807, 2.05) is 11.0 Å². The van der Waals surface area contributed by atoms with Crippen LogP contribution < -0.4 is 5.56 Å². The third kappa shape index (κ3) is 3.56. The molecule has 0 aliphatic carbocycles. The summed E-state index contributed by atoms with van der Waals surface area (Å²) < 4.78 is 1.29. The quantitative estimate of drug-likeness (QED) is 0.809. The van der Waals surface area contributed by atoms with Crippen LogP contribution in [0.3, 0.4) is 0 Å². The number of aromatic nitrogens is 3. The molecule has 25 heavy (non-hydrogen) atoms. The molecule has 1 amide bonds. The molecule has 2 heterocycles. The van der Waals surface area contributed by atoms with Crippen molar-refractivity contribution in [2.75, 3.05) is 27.2 Å². The summed E-state index contributed by atoms with van der Waals surface area (Å²) >= 11 is 0. The van der Waals surface area contributed by atoms with Gasteiger partial charge in [-0.3, -0.25) is 9.59 Å². The standard InChI is InChI=1S/C18H25N5O2/c1-4-13-11-22(12-16(13)21(2)3)17(24)9-10-23-18(25)14-7-5-6-8-15(14)19-20-23/h5-8,13,16H,4,9-12H2,1-3H3/t13-,16+/m0/s1. The summed E-state index contributed by atoms with van der Waals surface area (Å²) in [5.41, 5.74) is 0.381. The SMILES string of the molecule is CC[C@H]1CN(C(=O)CCn2nnc3ccccc3c2=O)C[C@H]1N(C)C. The Morgan fingerprint density at radius 2 is 2.04 bits per heavy atom. The van der Waals surface area contributed by atoms with Gasteiger partial charge in [0.25, 0.3) is 5.56 Å². The van der Waals surface area contributed by atoms with Crippen molar-refractivity contribution in [3.8, 4) is 0 Å². The van der Waals surface area contributed by atoms with Gasteiger partial charge in [0.05, 0.1) is 11.9 Å². The normalized spacial score (nSPS) is 20.6. The first-order valence-corrected chi connectivity index (χ1v) is 8.78. The average molecular weight is 343 g/mol. The Morgan fingerprint density at radius 1 is 1.28 bits per heavy atom. The predicted octanol–water partition coefficient (Wildman–Crippen LogP) is 0.980. The second kappa shape index (κ2) is 7.31. The highest BCUT2D eigenvalue weighted by atomic mass is 16.2. The molecule has 1 aliphatic heterocycles. The third-order valence-electron chi connectivity index (χ3n) is 5.11. The first-order chi connectivity index (χ1) is 12.0. The van der Waals surface area contributed by atoms with Gasteiger partial charge < -0.3 is 9.80 Å². The Labute approximate surface area is 147 Å². The molecule has 7 nitrogen and oxygen atoms in total. The lowest BCUT2D eigenvalue weighted by molar-refractivity contribution is -0.130. The van der Waals surface area contributed by atoms with Crippen LogP contribution in [0.5, 0.6) is 0 Å². The largest absolute Gasteiger partial charge is 0.341 e. The van der Waals surface area contributed by atoms with Gasteiger partial charge in [0, 0.05) is 25.6 Å². The Bertz CT molecular complexity index is 816. The fourth-order valence-electron chi connectivity index (χ4n) is 3.57. The fraction of sp³-hybridized carbons (Fsp3) is 0.556. The molecule has 0 bridgehead atoms. The third-order valence-corrected chi connectivity index (χ3v) is 5.11. The first kappa shape index (κ1) is 17.5. The van der Waals surface area contributed by atoms with Gasteiger partial charge in [-0.25, -0.2) is 4.68 Å². The summed E-state index contributed by atoms with van der Waals surface area (Å²) in [6, 6.07) is 7.52. The van der Waals surface area contributed by atoms with E-state index in [2.05, 4.69) is 36.2 Å². The maximum absolute atomic E-state index is 12.6. The summed E-state index contributed by atoms with van der Waals surface area (Å²) in [6.07, 6.45) is 1.33. The fourth-order valence-corrected chi connectivity index (χ4v) is 3.57. The van der Waals surface area contributed by atoms with Crippen LogP contribution in [0, 0.1) is 5.92 Å². The maximum Gasteiger partial charge on any atom is 0.277 e. The number of carbonyl (C=O) groups excluding carboxylic acids is 1. The number of likely N-dealkylation sites (N-methyl/N-ethyl adjacent to an activating group) is 1. The van der Waals surface area contributed by atoms with Crippen molar-refractivity contribution in [1.82, 2.24) is 24.8 Å². The molecule has 1 fully saturated rings. The molecule has 7 heteroatoms. The molecular formula is C18H25N5O2. The van der Waals surface area contributed by atoms with Crippen LogP contribution in [0.1, 0.15) is 19.8 Å². The summed E-state index contributed by atoms with van der Waals surface area (Å²) in [7, 11) is 4.12. The number of benzene rings is 1. The number of nitrogens with zero attached hydrogens (tertiary/aromatic N) is 5. The van der Waals surface area contributed by atoms with Crippen LogP contribution in [0.25, 0.3) is 10.9 Å². The van der Waals surface area contributed by atoms with Crippen molar-refractivity contribution in [3.63, 3.8) is 0 Å². The van der Waals surface area contributed by atoms with Crippen LogP contribution in [0.4, 0.5) is 0 Å². The Hall–Kier alpha value is -2.28. The van der Waals surface area contributed by atoms with Gasteiger partial charge in [0.2, 0.25) is 5.91 Å².